The van der Waals surface area contributed by atoms with Gasteiger partial charge in [0.1, 0.15) is 19.0 Å². The van der Waals surface area contributed by atoms with E-state index in [4.69, 9.17) is 14.7 Å². The van der Waals surface area contributed by atoms with Crippen molar-refractivity contribution in [2.45, 2.75) is 29.3 Å². The van der Waals surface area contributed by atoms with Crippen LogP contribution in [-0.2, 0) is 15.7 Å². The fourth-order valence-electron chi connectivity index (χ4n) is 6.03. The molecule has 0 spiro atoms. The SMILES string of the molecule is CC(COc1ccc2cc(C#N)ccc2c1)C(=O)OCCN1CCN(CCCN2c3ccccc3Sc3ccc(C(F)(F)F)cc32)CC1. The van der Waals surface area contributed by atoms with Gasteiger partial charge in [0.25, 0.3) is 0 Å². The first-order valence-electron chi connectivity index (χ1n) is 16.1. The number of carbonyl (C=O) groups excluding carboxylic acids is 1. The second-order valence-electron chi connectivity index (χ2n) is 12.2. The third-order valence-corrected chi connectivity index (χ3v) is 9.90. The summed E-state index contributed by atoms with van der Waals surface area (Å²) in [5, 5.41) is 11.0. The van der Waals surface area contributed by atoms with Crippen molar-refractivity contribution in [2.24, 2.45) is 5.92 Å². The molecule has 0 aromatic heterocycles. The Morgan fingerprint density at radius 3 is 2.35 bits per heavy atom. The molecule has 4 aromatic rings. The van der Waals surface area contributed by atoms with Crippen molar-refractivity contribution in [1.29, 1.82) is 5.26 Å². The van der Waals surface area contributed by atoms with Gasteiger partial charge >= 0.3 is 12.1 Å². The summed E-state index contributed by atoms with van der Waals surface area (Å²) >= 11 is 1.51. The van der Waals surface area contributed by atoms with Crippen molar-refractivity contribution < 1.29 is 27.4 Å². The van der Waals surface area contributed by atoms with Crippen LogP contribution in [0.3, 0.4) is 0 Å². The number of carbonyl (C=O) groups is 1. The van der Waals surface area contributed by atoms with Gasteiger partial charge in [-0.25, -0.2) is 0 Å². The molecule has 0 radical (unpaired) electrons. The van der Waals surface area contributed by atoms with Gasteiger partial charge in [-0.05, 0) is 85.3 Å². The second-order valence-corrected chi connectivity index (χ2v) is 13.2. The van der Waals surface area contributed by atoms with E-state index in [1.807, 2.05) is 59.5 Å². The number of rotatable bonds is 11. The molecule has 48 heavy (non-hydrogen) atoms. The van der Waals surface area contributed by atoms with Crippen LogP contribution in [0.4, 0.5) is 24.5 Å². The summed E-state index contributed by atoms with van der Waals surface area (Å²) in [6, 6.07) is 25.1. The fraction of sp³-hybridized carbons (Fsp3) is 0.351. The van der Waals surface area contributed by atoms with Crippen LogP contribution >= 0.6 is 11.8 Å². The first-order valence-corrected chi connectivity index (χ1v) is 16.9. The molecule has 0 N–H and O–H groups in total. The van der Waals surface area contributed by atoms with Crippen molar-refractivity contribution >= 4 is 39.9 Å². The monoisotopic (exact) mass is 674 g/mol. The van der Waals surface area contributed by atoms with E-state index in [9.17, 15) is 18.0 Å². The smallest absolute Gasteiger partial charge is 0.416 e. The van der Waals surface area contributed by atoms with E-state index >= 15 is 0 Å². The summed E-state index contributed by atoms with van der Waals surface area (Å²) in [7, 11) is 0. The van der Waals surface area contributed by atoms with E-state index in [0.29, 0.717) is 36.7 Å². The molecular formula is C37H37F3N4O3S. The van der Waals surface area contributed by atoms with E-state index in [1.54, 1.807) is 19.1 Å². The quantitative estimate of drug-likeness (QED) is 0.151. The maximum atomic E-state index is 13.5. The molecule has 4 aromatic carbocycles. The van der Waals surface area contributed by atoms with Gasteiger partial charge in [-0.2, -0.15) is 18.4 Å². The minimum atomic E-state index is -4.39. The zero-order valence-electron chi connectivity index (χ0n) is 26.7. The van der Waals surface area contributed by atoms with Crippen molar-refractivity contribution in [2.75, 3.05) is 63.9 Å². The number of fused-ring (bicyclic) bond motifs is 3. The minimum absolute atomic E-state index is 0.205. The molecule has 1 atom stereocenters. The van der Waals surface area contributed by atoms with Crippen molar-refractivity contribution in [3.63, 3.8) is 0 Å². The first-order chi connectivity index (χ1) is 23.2. The van der Waals surface area contributed by atoms with Crippen molar-refractivity contribution in [3.8, 4) is 11.8 Å². The molecule has 0 bridgehead atoms. The lowest BCUT2D eigenvalue weighted by Gasteiger charge is -2.36. The number of benzene rings is 4. The number of nitrogens with zero attached hydrogens (tertiary/aromatic N) is 4. The highest BCUT2D eigenvalue weighted by Gasteiger charge is 2.33. The molecule has 1 saturated heterocycles. The van der Waals surface area contributed by atoms with Crippen LogP contribution in [-0.4, -0.2) is 74.8 Å². The zero-order chi connectivity index (χ0) is 33.7. The second kappa shape index (κ2) is 14.9. The average molecular weight is 675 g/mol. The third kappa shape index (κ3) is 8.06. The summed E-state index contributed by atoms with van der Waals surface area (Å²) < 4.78 is 52.0. The number of hydrogen-bond donors (Lipinski definition) is 0. The number of esters is 1. The molecule has 11 heteroatoms. The third-order valence-electron chi connectivity index (χ3n) is 8.77. The highest BCUT2D eigenvalue weighted by molar-refractivity contribution is 7.99. The Bertz CT molecular complexity index is 1800. The van der Waals surface area contributed by atoms with Crippen LogP contribution in [0.1, 0.15) is 24.5 Å². The van der Waals surface area contributed by atoms with Crippen molar-refractivity contribution in [1.82, 2.24) is 9.80 Å². The molecule has 7 nitrogen and oxygen atoms in total. The van der Waals surface area contributed by atoms with Crippen LogP contribution in [0.25, 0.3) is 10.8 Å². The molecule has 0 saturated carbocycles. The van der Waals surface area contributed by atoms with Gasteiger partial charge in [0.2, 0.25) is 0 Å². The summed E-state index contributed by atoms with van der Waals surface area (Å²) in [6.07, 6.45) is -3.58. The first kappa shape index (κ1) is 33.7. The van der Waals surface area contributed by atoms with E-state index in [-0.39, 0.29) is 12.6 Å². The molecule has 1 fully saturated rings. The van der Waals surface area contributed by atoms with E-state index < -0.39 is 17.7 Å². The number of ether oxygens (including phenoxy) is 2. The molecule has 2 aliphatic rings. The standard InChI is InChI=1S/C37H37F3N4O3S/c1-26(25-47-31-11-9-28-21-27(24-41)7-8-29(28)22-31)36(45)46-20-19-43-17-15-42(16-18-43)13-4-14-44-32-5-2-3-6-34(32)48-35-12-10-30(23-33(35)44)37(38,39)40/h2-3,5-12,21-23,26H,4,13-20,25H2,1H3. The highest BCUT2D eigenvalue weighted by Crippen LogP contribution is 2.49. The predicted molar refractivity (Wildman–Crippen MR) is 181 cm³/mol. The van der Waals surface area contributed by atoms with E-state index in [2.05, 4.69) is 15.9 Å². The molecule has 0 aliphatic carbocycles. The Labute approximate surface area is 282 Å². The normalized spacial score (nSPS) is 15.8. The maximum Gasteiger partial charge on any atom is 0.416 e. The van der Waals surface area contributed by atoms with Gasteiger partial charge in [-0.3, -0.25) is 9.69 Å². The number of anilines is 2. The Balaban J connectivity index is 0.914. The number of para-hydroxylation sites is 1. The summed E-state index contributed by atoms with van der Waals surface area (Å²) in [5.74, 6) is -0.0597. The van der Waals surface area contributed by atoms with Crippen LogP contribution in [0, 0.1) is 17.2 Å². The number of nitriles is 1. The van der Waals surface area contributed by atoms with E-state index in [0.717, 1.165) is 71.5 Å². The van der Waals surface area contributed by atoms with Crippen molar-refractivity contribution in [3.05, 3.63) is 90.0 Å². The Hall–Kier alpha value is -4.24. The number of alkyl halides is 3. The Kier molecular flexibility index (Phi) is 10.4. The van der Waals surface area contributed by atoms with E-state index in [1.165, 1.54) is 17.8 Å². The topological polar surface area (TPSA) is 69.0 Å². The summed E-state index contributed by atoms with van der Waals surface area (Å²) in [6.45, 7) is 7.89. The number of hydrogen-bond acceptors (Lipinski definition) is 8. The van der Waals surface area contributed by atoms with Crippen LogP contribution < -0.4 is 9.64 Å². The highest BCUT2D eigenvalue weighted by atomic mass is 32.2. The lowest BCUT2D eigenvalue weighted by Crippen LogP contribution is -2.47. The predicted octanol–water partition coefficient (Wildman–Crippen LogP) is 7.60. The van der Waals surface area contributed by atoms with Crippen LogP contribution in [0.5, 0.6) is 5.75 Å². The fourth-order valence-corrected chi connectivity index (χ4v) is 7.10. The van der Waals surface area contributed by atoms with Gasteiger partial charge in [-0.15, -0.1) is 0 Å². The lowest BCUT2D eigenvalue weighted by atomic mass is 10.1. The number of halogens is 3. The maximum absolute atomic E-state index is 13.5. The van der Waals surface area contributed by atoms with Gasteiger partial charge in [0.15, 0.2) is 0 Å². The molecular weight excluding hydrogens is 637 g/mol. The Morgan fingerprint density at radius 1 is 0.875 bits per heavy atom. The lowest BCUT2D eigenvalue weighted by molar-refractivity contribution is -0.149. The minimum Gasteiger partial charge on any atom is -0.493 e. The van der Waals surface area contributed by atoms with Gasteiger partial charge in [0, 0.05) is 49.1 Å². The van der Waals surface area contributed by atoms with Gasteiger partial charge < -0.3 is 19.3 Å². The van der Waals surface area contributed by atoms with Gasteiger partial charge in [0.05, 0.1) is 34.5 Å². The molecule has 1 unspecified atom stereocenters. The summed E-state index contributed by atoms with van der Waals surface area (Å²) in [4.78, 5) is 21.2. The van der Waals surface area contributed by atoms with Crippen LogP contribution in [0.2, 0.25) is 0 Å². The van der Waals surface area contributed by atoms with Gasteiger partial charge in [-0.1, -0.05) is 36.0 Å². The average Bonchev–Trinajstić information content (AvgIpc) is 3.09. The largest absolute Gasteiger partial charge is 0.493 e. The zero-order valence-corrected chi connectivity index (χ0v) is 27.5. The molecule has 0 amide bonds. The molecule has 2 aliphatic heterocycles. The summed E-state index contributed by atoms with van der Waals surface area (Å²) in [5.41, 5.74) is 1.53. The molecule has 6 rings (SSSR count). The number of piperazine rings is 1. The van der Waals surface area contributed by atoms with Crippen LogP contribution in [0.15, 0.2) is 88.7 Å². The molecule has 2 heterocycles. The molecule has 250 valence electrons. The Morgan fingerprint density at radius 2 is 1.58 bits per heavy atom.